The summed E-state index contributed by atoms with van der Waals surface area (Å²) in [6.07, 6.45) is 7.39. The summed E-state index contributed by atoms with van der Waals surface area (Å²) in [5.41, 5.74) is 0.970. The Balaban J connectivity index is 1.27. The first-order valence-electron chi connectivity index (χ1n) is 11.3. The number of aromatic nitrogens is 1. The Bertz CT molecular complexity index is 1130. The summed E-state index contributed by atoms with van der Waals surface area (Å²) in [5.74, 6) is 2.42. The van der Waals surface area contributed by atoms with Crippen molar-refractivity contribution < 1.29 is 13.2 Å². The Hall–Kier alpha value is -2.12. The number of carbonyl (C=O) groups is 1. The van der Waals surface area contributed by atoms with E-state index in [2.05, 4.69) is 15.0 Å². The molecular weight excluding hydrogens is 446 g/mol. The van der Waals surface area contributed by atoms with E-state index in [0.29, 0.717) is 16.3 Å². The minimum atomic E-state index is -3.85. The van der Waals surface area contributed by atoms with Crippen LogP contribution in [0.1, 0.15) is 49.8 Å². The summed E-state index contributed by atoms with van der Waals surface area (Å²) in [4.78, 5) is 17.4. The molecule has 6 rings (SSSR count). The first-order chi connectivity index (χ1) is 15.2. The van der Waals surface area contributed by atoms with Crippen molar-refractivity contribution in [2.24, 2.45) is 17.8 Å². The van der Waals surface area contributed by atoms with E-state index in [9.17, 15) is 13.2 Å². The number of nitrogens with one attached hydrogen (secondary N) is 2. The van der Waals surface area contributed by atoms with E-state index in [1.807, 2.05) is 0 Å². The molecule has 32 heavy (non-hydrogen) atoms. The van der Waals surface area contributed by atoms with Crippen LogP contribution >= 0.6 is 11.6 Å². The van der Waals surface area contributed by atoms with Gasteiger partial charge < -0.3 is 5.32 Å². The first-order valence-corrected chi connectivity index (χ1v) is 13.1. The third-order valence-corrected chi connectivity index (χ3v) is 9.25. The number of carbonyl (C=O) groups excluding carboxylic acids is 1. The number of amides is 1. The number of benzene rings is 1. The Morgan fingerprint density at radius 1 is 1.06 bits per heavy atom. The fraction of sp³-hybridized carbons (Fsp3) is 0.500. The van der Waals surface area contributed by atoms with Crippen molar-refractivity contribution in [3.63, 3.8) is 0 Å². The van der Waals surface area contributed by atoms with Gasteiger partial charge in [-0.2, -0.15) is 0 Å². The number of pyridine rings is 1. The molecule has 1 heterocycles. The molecule has 4 aliphatic rings. The van der Waals surface area contributed by atoms with Gasteiger partial charge in [0.25, 0.3) is 10.0 Å². The highest BCUT2D eigenvalue weighted by atomic mass is 35.5. The van der Waals surface area contributed by atoms with Gasteiger partial charge in [-0.05, 0) is 93.0 Å². The van der Waals surface area contributed by atoms with Gasteiger partial charge in [-0.15, -0.1) is 0 Å². The highest BCUT2D eigenvalue weighted by Crippen LogP contribution is 2.55. The lowest BCUT2D eigenvalue weighted by atomic mass is 9.53. The molecule has 0 spiro atoms. The van der Waals surface area contributed by atoms with Crippen molar-refractivity contribution in [2.75, 3.05) is 4.72 Å². The van der Waals surface area contributed by atoms with Crippen molar-refractivity contribution >= 4 is 33.3 Å². The number of rotatable bonds is 6. The van der Waals surface area contributed by atoms with Crippen LogP contribution in [0.15, 0.2) is 41.3 Å². The van der Waals surface area contributed by atoms with E-state index >= 15 is 0 Å². The van der Waals surface area contributed by atoms with Gasteiger partial charge in [-0.3, -0.25) is 9.52 Å². The largest absolute Gasteiger partial charge is 0.350 e. The van der Waals surface area contributed by atoms with Crippen molar-refractivity contribution in [2.45, 2.75) is 62.3 Å². The van der Waals surface area contributed by atoms with Crippen LogP contribution in [-0.4, -0.2) is 24.8 Å². The second-order valence-electron chi connectivity index (χ2n) is 9.91. The van der Waals surface area contributed by atoms with Gasteiger partial charge in [-0.1, -0.05) is 23.7 Å². The van der Waals surface area contributed by atoms with Gasteiger partial charge in [0.2, 0.25) is 5.91 Å². The summed E-state index contributed by atoms with van der Waals surface area (Å²) < 4.78 is 28.2. The van der Waals surface area contributed by atoms with Crippen molar-refractivity contribution in [1.29, 1.82) is 0 Å². The quantitative estimate of drug-likeness (QED) is 0.647. The average molecular weight is 474 g/mol. The molecule has 2 N–H and O–H groups in total. The molecule has 1 aromatic heterocycles. The minimum Gasteiger partial charge on any atom is -0.350 e. The molecule has 6 nitrogen and oxygen atoms in total. The summed E-state index contributed by atoms with van der Waals surface area (Å²) in [5, 5.41) is 3.73. The standard InChI is InChI=1S/C24H28ClN3O3S/c1-15-20(25)5-3-6-21(15)32(30,31)28-22-7-2-4-19(26-22)11-23(29)27-24-12-16-8-17(13-24)10-18(9-16)14-24/h2-7,16-18H,8-14H2,1H3,(H,26,28)(H,27,29). The molecule has 0 aliphatic heterocycles. The molecule has 4 bridgehead atoms. The molecule has 4 aliphatic carbocycles. The fourth-order valence-corrected chi connectivity index (χ4v) is 7.97. The molecule has 170 valence electrons. The molecule has 0 saturated heterocycles. The Labute approximate surface area is 194 Å². The van der Waals surface area contributed by atoms with Crippen LogP contribution in [0.4, 0.5) is 5.82 Å². The van der Waals surface area contributed by atoms with E-state index in [4.69, 9.17) is 11.6 Å². The summed E-state index contributed by atoms with van der Waals surface area (Å²) in [6.45, 7) is 1.66. The van der Waals surface area contributed by atoms with Crippen molar-refractivity contribution in [1.82, 2.24) is 10.3 Å². The van der Waals surface area contributed by atoms with Crippen LogP contribution in [0.3, 0.4) is 0 Å². The van der Waals surface area contributed by atoms with E-state index < -0.39 is 10.0 Å². The van der Waals surface area contributed by atoms with Crippen molar-refractivity contribution in [3.05, 3.63) is 52.7 Å². The number of hydrogen-bond acceptors (Lipinski definition) is 4. The highest BCUT2D eigenvalue weighted by molar-refractivity contribution is 7.92. The first kappa shape index (κ1) is 21.7. The number of nitrogens with zero attached hydrogens (tertiary/aromatic N) is 1. The van der Waals surface area contributed by atoms with Gasteiger partial charge in [0.1, 0.15) is 5.82 Å². The molecule has 2 aromatic rings. The molecular formula is C24H28ClN3O3S. The van der Waals surface area contributed by atoms with Crippen LogP contribution in [0.5, 0.6) is 0 Å². The smallest absolute Gasteiger partial charge is 0.263 e. The normalized spacial score (nSPS) is 28.5. The zero-order valence-corrected chi connectivity index (χ0v) is 19.7. The second kappa shape index (κ2) is 8.03. The lowest BCUT2D eigenvalue weighted by molar-refractivity contribution is -0.126. The second-order valence-corrected chi connectivity index (χ2v) is 12.0. The minimum absolute atomic E-state index is 0.0369. The number of halogens is 1. The molecule has 4 saturated carbocycles. The Morgan fingerprint density at radius 2 is 1.69 bits per heavy atom. The topological polar surface area (TPSA) is 88.2 Å². The molecule has 1 amide bonds. The maximum atomic E-state index is 12.9. The zero-order chi connectivity index (χ0) is 22.5. The molecule has 1 aromatic carbocycles. The Morgan fingerprint density at radius 3 is 2.34 bits per heavy atom. The van der Waals surface area contributed by atoms with Gasteiger partial charge in [-0.25, -0.2) is 13.4 Å². The lowest BCUT2D eigenvalue weighted by Crippen LogP contribution is -2.60. The van der Waals surface area contributed by atoms with Crippen LogP contribution < -0.4 is 10.0 Å². The summed E-state index contributed by atoms with van der Waals surface area (Å²) in [6, 6.07) is 9.80. The third kappa shape index (κ3) is 4.25. The zero-order valence-electron chi connectivity index (χ0n) is 18.1. The summed E-state index contributed by atoms with van der Waals surface area (Å²) >= 11 is 6.08. The van der Waals surface area contributed by atoms with Gasteiger partial charge >= 0.3 is 0 Å². The van der Waals surface area contributed by atoms with Gasteiger partial charge in [0.05, 0.1) is 17.0 Å². The SMILES string of the molecule is Cc1c(Cl)cccc1S(=O)(=O)Nc1cccc(CC(=O)NC23CC4CC(CC(C4)C2)C3)n1. The highest BCUT2D eigenvalue weighted by Gasteiger charge is 2.51. The lowest BCUT2D eigenvalue weighted by Gasteiger charge is -2.56. The third-order valence-electron chi connectivity index (χ3n) is 7.34. The van der Waals surface area contributed by atoms with Crippen LogP contribution in [0.25, 0.3) is 0 Å². The van der Waals surface area contributed by atoms with Gasteiger partial charge in [0.15, 0.2) is 0 Å². The molecule has 0 unspecified atom stereocenters. The average Bonchev–Trinajstić information content (AvgIpc) is 2.68. The van der Waals surface area contributed by atoms with Crippen LogP contribution in [0, 0.1) is 24.7 Å². The molecule has 4 fully saturated rings. The predicted molar refractivity (Wildman–Crippen MR) is 124 cm³/mol. The number of sulfonamides is 1. The maximum absolute atomic E-state index is 12.9. The number of hydrogen-bond donors (Lipinski definition) is 2. The van der Waals surface area contributed by atoms with Crippen LogP contribution in [-0.2, 0) is 21.2 Å². The molecule has 0 atom stereocenters. The van der Waals surface area contributed by atoms with E-state index in [-0.39, 0.29) is 28.6 Å². The predicted octanol–water partition coefficient (Wildman–Crippen LogP) is 4.47. The van der Waals surface area contributed by atoms with E-state index in [1.54, 1.807) is 37.3 Å². The Kier molecular flexibility index (Phi) is 5.45. The van der Waals surface area contributed by atoms with Crippen LogP contribution in [0.2, 0.25) is 5.02 Å². The molecule has 8 heteroatoms. The number of anilines is 1. The van der Waals surface area contributed by atoms with E-state index in [1.165, 1.54) is 25.3 Å². The summed E-state index contributed by atoms with van der Waals surface area (Å²) in [7, 11) is -3.85. The monoisotopic (exact) mass is 473 g/mol. The van der Waals surface area contributed by atoms with Gasteiger partial charge in [0, 0.05) is 10.6 Å². The fourth-order valence-electron chi connectivity index (χ4n) is 6.47. The van der Waals surface area contributed by atoms with E-state index in [0.717, 1.165) is 37.0 Å². The maximum Gasteiger partial charge on any atom is 0.263 e. The van der Waals surface area contributed by atoms with Crippen molar-refractivity contribution in [3.8, 4) is 0 Å². The molecule has 0 radical (unpaired) electrons.